The van der Waals surface area contributed by atoms with Crippen molar-refractivity contribution in [3.63, 3.8) is 0 Å². The number of rotatable bonds is 6. The molecule has 5 aromatic rings. The van der Waals surface area contributed by atoms with Gasteiger partial charge in [-0.25, -0.2) is 4.79 Å². The first-order valence-electron chi connectivity index (χ1n) is 11.2. The smallest absolute Gasteiger partial charge is 0.346 e. The molecule has 0 amide bonds. The molecule has 4 aromatic carbocycles. The summed E-state index contributed by atoms with van der Waals surface area (Å²) in [6, 6.07) is 31.8. The first-order valence-corrected chi connectivity index (χ1v) is 11.7. The van der Waals surface area contributed by atoms with Crippen molar-refractivity contribution in [2.24, 2.45) is 0 Å². The Morgan fingerprint density at radius 2 is 1.37 bits per heavy atom. The van der Waals surface area contributed by atoms with Gasteiger partial charge in [-0.05, 0) is 22.8 Å². The number of fused-ring (bicyclic) bond motifs is 1. The summed E-state index contributed by atoms with van der Waals surface area (Å²) in [6.45, 7) is 0.0112. The van der Waals surface area contributed by atoms with Crippen molar-refractivity contribution in [1.82, 2.24) is 0 Å². The topological polar surface area (TPSA) is 56.5 Å². The number of carbonyl (C=O) groups excluding carboxylic acids is 1. The van der Waals surface area contributed by atoms with Crippen molar-refractivity contribution in [3.05, 3.63) is 130 Å². The van der Waals surface area contributed by atoms with Gasteiger partial charge < -0.3 is 9.15 Å². The van der Waals surface area contributed by atoms with Crippen LogP contribution in [0.15, 0.2) is 112 Å². The Balaban J connectivity index is 1.57. The third-order valence-corrected chi connectivity index (χ3v) is 6.13. The van der Waals surface area contributed by atoms with Gasteiger partial charge in [0.05, 0.1) is 11.3 Å². The van der Waals surface area contributed by atoms with E-state index in [1.165, 1.54) is 0 Å². The van der Waals surface area contributed by atoms with Gasteiger partial charge in [0.2, 0.25) is 5.43 Å². The second-order valence-corrected chi connectivity index (χ2v) is 8.30. The van der Waals surface area contributed by atoms with E-state index in [1.54, 1.807) is 30.3 Å². The van der Waals surface area contributed by atoms with Crippen LogP contribution >= 0.6 is 11.6 Å². The molecular formula is C30H21ClO4. The average molecular weight is 481 g/mol. The van der Waals surface area contributed by atoms with Crippen molar-refractivity contribution in [3.8, 4) is 22.5 Å². The summed E-state index contributed by atoms with van der Waals surface area (Å²) in [6.07, 6.45) is 0. The Kier molecular flexibility index (Phi) is 6.47. The number of ether oxygens (including phenoxy) is 1. The van der Waals surface area contributed by atoms with E-state index in [0.717, 1.165) is 16.7 Å². The van der Waals surface area contributed by atoms with Crippen LogP contribution in [0.4, 0.5) is 0 Å². The zero-order valence-electron chi connectivity index (χ0n) is 18.7. The van der Waals surface area contributed by atoms with Crippen LogP contribution in [-0.2, 0) is 17.2 Å². The fraction of sp³-hybridized carbons (Fsp3) is 0.0667. The summed E-state index contributed by atoms with van der Waals surface area (Å²) in [5, 5.41) is 0.291. The van der Waals surface area contributed by atoms with Crippen LogP contribution in [-0.4, -0.2) is 5.97 Å². The normalized spacial score (nSPS) is 10.9. The summed E-state index contributed by atoms with van der Waals surface area (Å²) in [7, 11) is 0. The number of halogens is 1. The Morgan fingerprint density at radius 1 is 0.743 bits per heavy atom. The molecule has 0 N–H and O–H groups in total. The molecule has 0 unspecified atom stereocenters. The number of para-hydroxylation sites is 1. The Hall–Kier alpha value is -4.15. The van der Waals surface area contributed by atoms with Gasteiger partial charge in [-0.2, -0.15) is 0 Å². The van der Waals surface area contributed by atoms with E-state index in [0.29, 0.717) is 22.1 Å². The molecule has 0 radical (unpaired) electrons. The molecule has 0 saturated heterocycles. The largest absolute Gasteiger partial charge is 0.457 e. The van der Waals surface area contributed by atoms with Crippen molar-refractivity contribution in [1.29, 1.82) is 0 Å². The first kappa shape index (κ1) is 22.6. The standard InChI is InChI=1S/C30H21ClO4/c31-18-22-15-9-17-25-27(32)26(29(35-28(22)25)21-12-5-2-6-13-21)30(33)34-19-23-14-7-8-16-24(23)20-10-3-1-4-11-20/h1-17H,18-19H2. The number of benzene rings is 4. The van der Waals surface area contributed by atoms with Crippen LogP contribution < -0.4 is 5.43 Å². The van der Waals surface area contributed by atoms with E-state index in [1.807, 2.05) is 72.8 Å². The maximum atomic E-state index is 13.5. The van der Waals surface area contributed by atoms with Crippen LogP contribution in [0.3, 0.4) is 0 Å². The predicted molar refractivity (Wildman–Crippen MR) is 138 cm³/mol. The zero-order chi connectivity index (χ0) is 24.2. The molecular weight excluding hydrogens is 460 g/mol. The fourth-order valence-corrected chi connectivity index (χ4v) is 4.33. The van der Waals surface area contributed by atoms with E-state index in [9.17, 15) is 9.59 Å². The highest BCUT2D eigenvalue weighted by molar-refractivity contribution is 6.17. The summed E-state index contributed by atoms with van der Waals surface area (Å²) in [4.78, 5) is 26.9. The highest BCUT2D eigenvalue weighted by Gasteiger charge is 2.25. The molecule has 1 heterocycles. The molecule has 0 spiro atoms. The van der Waals surface area contributed by atoms with Crippen LogP contribution in [0.2, 0.25) is 0 Å². The van der Waals surface area contributed by atoms with Crippen molar-refractivity contribution in [2.75, 3.05) is 0 Å². The van der Waals surface area contributed by atoms with Gasteiger partial charge in [-0.15, -0.1) is 11.6 Å². The minimum absolute atomic E-state index is 0.0112. The lowest BCUT2D eigenvalue weighted by molar-refractivity contribution is 0.0471. The molecule has 35 heavy (non-hydrogen) atoms. The summed E-state index contributed by atoms with van der Waals surface area (Å²) in [5.41, 5.74) is 3.89. The van der Waals surface area contributed by atoms with Crippen molar-refractivity contribution < 1.29 is 13.9 Å². The minimum Gasteiger partial charge on any atom is -0.457 e. The molecule has 0 saturated carbocycles. The second kappa shape index (κ2) is 10.00. The summed E-state index contributed by atoms with van der Waals surface area (Å²) in [5.74, 6) is -0.394. The lowest BCUT2D eigenvalue weighted by Crippen LogP contribution is -2.19. The third kappa shape index (κ3) is 4.48. The number of hydrogen-bond acceptors (Lipinski definition) is 4. The van der Waals surface area contributed by atoms with Gasteiger partial charge >= 0.3 is 5.97 Å². The maximum absolute atomic E-state index is 13.5. The van der Waals surface area contributed by atoms with Gasteiger partial charge in [0.15, 0.2) is 11.3 Å². The second-order valence-electron chi connectivity index (χ2n) is 8.03. The van der Waals surface area contributed by atoms with E-state index in [2.05, 4.69) is 0 Å². The lowest BCUT2D eigenvalue weighted by Gasteiger charge is -2.13. The molecule has 0 aliphatic carbocycles. The SMILES string of the molecule is O=C(OCc1ccccc1-c1ccccc1)c1c(-c2ccccc2)oc2c(CCl)cccc2c1=O. The number of hydrogen-bond donors (Lipinski definition) is 0. The molecule has 5 rings (SSSR count). The van der Waals surface area contributed by atoms with Crippen molar-refractivity contribution in [2.45, 2.75) is 12.5 Å². The molecule has 0 atom stereocenters. The van der Waals surface area contributed by atoms with Crippen molar-refractivity contribution >= 4 is 28.5 Å². The fourth-order valence-electron chi connectivity index (χ4n) is 4.12. The summed E-state index contributed by atoms with van der Waals surface area (Å²) >= 11 is 6.09. The van der Waals surface area contributed by atoms with Gasteiger partial charge in [-0.3, -0.25) is 4.79 Å². The molecule has 0 aliphatic rings. The number of esters is 1. The van der Waals surface area contributed by atoms with E-state index in [4.69, 9.17) is 20.8 Å². The quantitative estimate of drug-likeness (QED) is 0.190. The molecule has 0 bridgehead atoms. The number of carbonyl (C=O) groups is 1. The van der Waals surface area contributed by atoms with Gasteiger partial charge in [0.25, 0.3) is 0 Å². The van der Waals surface area contributed by atoms with E-state index in [-0.39, 0.29) is 23.8 Å². The Bertz CT molecular complexity index is 1560. The van der Waals surface area contributed by atoms with Gasteiger partial charge in [-0.1, -0.05) is 97.1 Å². The van der Waals surface area contributed by atoms with Crippen LogP contribution in [0, 0.1) is 0 Å². The first-order chi connectivity index (χ1) is 17.2. The van der Waals surface area contributed by atoms with Gasteiger partial charge in [0.1, 0.15) is 12.2 Å². The van der Waals surface area contributed by atoms with Gasteiger partial charge in [0, 0.05) is 11.1 Å². The molecule has 0 aliphatic heterocycles. The monoisotopic (exact) mass is 480 g/mol. The van der Waals surface area contributed by atoms with Crippen LogP contribution in [0.1, 0.15) is 21.5 Å². The average Bonchev–Trinajstić information content (AvgIpc) is 2.92. The molecule has 1 aromatic heterocycles. The summed E-state index contributed by atoms with van der Waals surface area (Å²) < 4.78 is 11.9. The van der Waals surface area contributed by atoms with E-state index >= 15 is 0 Å². The van der Waals surface area contributed by atoms with Crippen LogP contribution in [0.5, 0.6) is 0 Å². The van der Waals surface area contributed by atoms with E-state index < -0.39 is 11.4 Å². The predicted octanol–water partition coefficient (Wildman–Crippen LogP) is 7.22. The molecule has 172 valence electrons. The number of alkyl halides is 1. The Morgan fingerprint density at radius 3 is 2.09 bits per heavy atom. The van der Waals surface area contributed by atoms with Crippen LogP contribution in [0.25, 0.3) is 33.4 Å². The molecule has 4 nitrogen and oxygen atoms in total. The highest BCUT2D eigenvalue weighted by atomic mass is 35.5. The Labute approximate surface area is 207 Å². The minimum atomic E-state index is -0.737. The zero-order valence-corrected chi connectivity index (χ0v) is 19.5. The third-order valence-electron chi connectivity index (χ3n) is 5.84. The lowest BCUT2D eigenvalue weighted by atomic mass is 10.0. The molecule has 5 heteroatoms. The highest BCUT2D eigenvalue weighted by Crippen LogP contribution is 2.30. The molecule has 0 fully saturated rings. The maximum Gasteiger partial charge on any atom is 0.346 e.